The second-order valence-corrected chi connectivity index (χ2v) is 21.0. The van der Waals surface area contributed by atoms with Crippen LogP contribution >= 0.6 is 11.6 Å². The molecular formula is C49H58ClF2N11O4. The van der Waals surface area contributed by atoms with E-state index in [2.05, 4.69) is 60.8 Å². The summed E-state index contributed by atoms with van der Waals surface area (Å²) in [4.78, 5) is 54.6. The van der Waals surface area contributed by atoms with Crippen molar-refractivity contribution in [3.8, 4) is 5.75 Å². The van der Waals surface area contributed by atoms with Gasteiger partial charge in [-0.15, -0.1) is 0 Å². The van der Waals surface area contributed by atoms with Gasteiger partial charge in [-0.25, -0.2) is 13.8 Å². The number of rotatable bonds is 8. The first-order valence-electron chi connectivity index (χ1n) is 23.9. The summed E-state index contributed by atoms with van der Waals surface area (Å²) in [6.07, 6.45) is 10.6. The number of imide groups is 1. The van der Waals surface area contributed by atoms with Gasteiger partial charge in [0.25, 0.3) is 5.56 Å². The van der Waals surface area contributed by atoms with Gasteiger partial charge in [0.05, 0.1) is 40.6 Å². The van der Waals surface area contributed by atoms with Gasteiger partial charge in [-0.05, 0) is 124 Å². The molecular weight excluding hydrogens is 880 g/mol. The number of aryl methyl sites for hydroxylation is 2. The minimum atomic E-state index is -3.13. The first-order valence-corrected chi connectivity index (χ1v) is 24.3. The molecule has 5 aromatic rings. The molecule has 5 fully saturated rings. The van der Waals surface area contributed by atoms with Crippen molar-refractivity contribution in [3.63, 3.8) is 0 Å². The third-order valence-electron chi connectivity index (χ3n) is 16.0. The number of piperidine rings is 4. The van der Waals surface area contributed by atoms with Crippen LogP contribution < -0.4 is 36.0 Å². The second-order valence-electron chi connectivity index (χ2n) is 20.6. The number of halogens is 3. The molecule has 3 aromatic heterocycles. The van der Waals surface area contributed by atoms with E-state index in [1.807, 2.05) is 23.9 Å². The molecule has 1 aliphatic carbocycles. The van der Waals surface area contributed by atoms with E-state index in [1.165, 1.54) is 23.1 Å². The fourth-order valence-corrected chi connectivity index (χ4v) is 11.7. The average Bonchev–Trinajstić information content (AvgIpc) is 4.12. The standard InChI is InChI=1S/C49H58ClF2N11O4/c1-47(12-20-62(21-13-47)31-7-8-32-37(25-31)60(3)58-39(32)33-9-11-38(64)55-44(33)65)27-61-18-14-48(15-19-61)16-22-63(23-17-48)46-53-26-35(50)43(57-46)54-30-6-10-36-34(24-30)40-41(45(66)59(36)2)67-28-49(51,52)42(56-40)29-4-5-29/h6-8,10,24-26,29,33,42,56H,4-5,9,11-23,27-28H2,1-3H3,(H,53,54,57)(H,55,64,65)/t33?,42-/m0/s1. The molecule has 1 saturated carbocycles. The molecule has 8 heterocycles. The number of anilines is 5. The molecule has 3 N–H and O–H groups in total. The van der Waals surface area contributed by atoms with Crippen LogP contribution in [0.3, 0.4) is 0 Å². The van der Waals surface area contributed by atoms with Crippen molar-refractivity contribution in [1.29, 1.82) is 0 Å². The van der Waals surface area contributed by atoms with Crippen LogP contribution in [0.2, 0.25) is 5.02 Å². The van der Waals surface area contributed by atoms with Crippen LogP contribution in [-0.2, 0) is 23.7 Å². The highest BCUT2D eigenvalue weighted by Crippen LogP contribution is 2.47. The van der Waals surface area contributed by atoms with Gasteiger partial charge >= 0.3 is 5.92 Å². The summed E-state index contributed by atoms with van der Waals surface area (Å²) in [5.74, 6) is -3.24. The molecule has 5 aliphatic heterocycles. The molecule has 2 atom stereocenters. The number of carbonyl (C=O) groups is 2. The van der Waals surface area contributed by atoms with E-state index in [-0.39, 0.29) is 34.6 Å². The number of ether oxygens (including phenoxy) is 1. The summed E-state index contributed by atoms with van der Waals surface area (Å²) in [6, 6.07) is 10.8. The molecule has 354 valence electrons. The minimum Gasteiger partial charge on any atom is -0.480 e. The molecule has 4 saturated heterocycles. The van der Waals surface area contributed by atoms with Crippen molar-refractivity contribution >= 4 is 74.0 Å². The normalized spacial score (nSPS) is 24.0. The lowest BCUT2D eigenvalue weighted by Gasteiger charge is -2.49. The summed E-state index contributed by atoms with van der Waals surface area (Å²) in [7, 11) is 3.54. The molecule has 15 nitrogen and oxygen atoms in total. The van der Waals surface area contributed by atoms with Crippen LogP contribution in [0, 0.1) is 16.7 Å². The van der Waals surface area contributed by atoms with Crippen molar-refractivity contribution in [3.05, 3.63) is 63.7 Å². The van der Waals surface area contributed by atoms with E-state index < -0.39 is 30.0 Å². The fourth-order valence-electron chi connectivity index (χ4n) is 11.6. The molecule has 1 spiro atoms. The third kappa shape index (κ3) is 8.23. The molecule has 0 bridgehead atoms. The zero-order valence-corrected chi connectivity index (χ0v) is 39.1. The number of hydrogen-bond acceptors (Lipinski definition) is 12. The van der Waals surface area contributed by atoms with Gasteiger partial charge in [0.2, 0.25) is 23.5 Å². The van der Waals surface area contributed by atoms with E-state index in [0.717, 1.165) is 88.1 Å². The van der Waals surface area contributed by atoms with Crippen LogP contribution in [0.5, 0.6) is 5.75 Å². The van der Waals surface area contributed by atoms with E-state index >= 15 is 8.78 Å². The lowest BCUT2D eigenvalue weighted by molar-refractivity contribution is -0.134. The predicted molar refractivity (Wildman–Crippen MR) is 255 cm³/mol. The van der Waals surface area contributed by atoms with Gasteiger partial charge in [-0.2, -0.15) is 10.1 Å². The van der Waals surface area contributed by atoms with Crippen molar-refractivity contribution in [1.82, 2.24) is 34.5 Å². The van der Waals surface area contributed by atoms with Gasteiger partial charge in [-0.1, -0.05) is 18.5 Å². The number of nitrogens with one attached hydrogen (secondary N) is 3. The number of hydrogen-bond donors (Lipinski definition) is 3. The Hall–Kier alpha value is -5.55. The lowest BCUT2D eigenvalue weighted by atomic mass is 9.70. The van der Waals surface area contributed by atoms with Gasteiger partial charge in [-0.3, -0.25) is 24.4 Å². The maximum atomic E-state index is 15.2. The highest BCUT2D eigenvalue weighted by molar-refractivity contribution is 6.33. The molecule has 11 rings (SSSR count). The summed E-state index contributed by atoms with van der Waals surface area (Å²) >= 11 is 6.68. The number of amides is 2. The van der Waals surface area contributed by atoms with Gasteiger partial charge in [0.15, 0.2) is 12.4 Å². The largest absolute Gasteiger partial charge is 0.480 e. The molecule has 6 aliphatic rings. The number of nitrogens with zero attached hydrogens (tertiary/aromatic N) is 8. The summed E-state index contributed by atoms with van der Waals surface area (Å²) in [6.45, 7) is 8.59. The number of pyridine rings is 1. The van der Waals surface area contributed by atoms with Crippen LogP contribution in [0.15, 0.2) is 47.4 Å². The van der Waals surface area contributed by atoms with Gasteiger partial charge in [0.1, 0.15) is 5.02 Å². The van der Waals surface area contributed by atoms with E-state index in [9.17, 15) is 14.4 Å². The van der Waals surface area contributed by atoms with Crippen LogP contribution in [0.25, 0.3) is 21.8 Å². The Kier molecular flexibility index (Phi) is 10.9. The zero-order chi connectivity index (χ0) is 46.4. The Balaban J connectivity index is 0.695. The molecule has 2 aromatic carbocycles. The average molecular weight is 939 g/mol. The van der Waals surface area contributed by atoms with Crippen molar-refractivity contribution in [2.75, 3.05) is 72.9 Å². The Morgan fingerprint density at radius 3 is 2.34 bits per heavy atom. The SMILES string of the molecule is Cn1nc(C2CCC(=O)NC2=O)c2ccc(N3CCC(C)(CN4CCC5(CC4)CCN(c4ncc(Cl)c(Nc6ccc7c(c6)c6c(c(=O)n7C)OCC(F)(F)[C@H](C7CC7)N6)n4)CC5)CC3)cc21. The molecule has 67 heavy (non-hydrogen) atoms. The van der Waals surface area contributed by atoms with Crippen LogP contribution in [-0.4, -0.2) is 105 Å². The molecule has 1 unspecified atom stereocenters. The van der Waals surface area contributed by atoms with Crippen LogP contribution in [0.4, 0.5) is 37.6 Å². The fraction of sp³-hybridized carbons (Fsp3) is 0.551. The van der Waals surface area contributed by atoms with Gasteiger partial charge in [0, 0.05) is 75.4 Å². The molecule has 18 heteroatoms. The van der Waals surface area contributed by atoms with E-state index in [4.69, 9.17) is 26.4 Å². The van der Waals surface area contributed by atoms with Crippen molar-refractivity contribution in [2.45, 2.75) is 89.0 Å². The number of alkyl halides is 2. The minimum absolute atomic E-state index is 0.0973. The smallest absolute Gasteiger partial charge is 0.301 e. The quantitative estimate of drug-likeness (QED) is 0.134. The predicted octanol–water partition coefficient (Wildman–Crippen LogP) is 7.34. The van der Waals surface area contributed by atoms with E-state index in [1.54, 1.807) is 19.3 Å². The maximum absolute atomic E-state index is 15.2. The first-order chi connectivity index (χ1) is 32.1. The van der Waals surface area contributed by atoms with Gasteiger partial charge < -0.3 is 34.6 Å². The topological polar surface area (TPSA) is 155 Å². The highest BCUT2D eigenvalue weighted by atomic mass is 35.5. The second kappa shape index (κ2) is 16.6. The number of carbonyl (C=O) groups excluding carboxylic acids is 2. The summed E-state index contributed by atoms with van der Waals surface area (Å²) in [5.41, 5.74) is 4.51. The lowest BCUT2D eigenvalue weighted by Crippen LogP contribution is -2.50. The first kappa shape index (κ1) is 44.0. The zero-order valence-electron chi connectivity index (χ0n) is 38.3. The molecule has 2 amide bonds. The third-order valence-corrected chi connectivity index (χ3v) is 16.3. The Morgan fingerprint density at radius 1 is 0.881 bits per heavy atom. The summed E-state index contributed by atoms with van der Waals surface area (Å²) in [5, 5.41) is 15.5. The van der Waals surface area contributed by atoms with E-state index in [0.29, 0.717) is 64.5 Å². The monoisotopic (exact) mass is 937 g/mol. The Labute approximate surface area is 392 Å². The number of fused-ring (bicyclic) bond motifs is 4. The Bertz CT molecular complexity index is 2840. The van der Waals surface area contributed by atoms with Crippen LogP contribution in [0.1, 0.15) is 82.7 Å². The number of aromatic nitrogens is 5. The van der Waals surface area contributed by atoms with Crippen molar-refractivity contribution in [2.24, 2.45) is 30.8 Å². The maximum Gasteiger partial charge on any atom is 0.301 e. The number of benzene rings is 2. The highest BCUT2D eigenvalue weighted by Gasteiger charge is 2.51. The number of likely N-dealkylation sites (tertiary alicyclic amines) is 1. The van der Waals surface area contributed by atoms with Crippen molar-refractivity contribution < 1.29 is 23.1 Å². The Morgan fingerprint density at radius 2 is 1.61 bits per heavy atom. The summed E-state index contributed by atoms with van der Waals surface area (Å²) < 4.78 is 39.3. The molecule has 0 radical (unpaired) electrons.